The lowest BCUT2D eigenvalue weighted by atomic mass is 10.00. The van der Waals surface area contributed by atoms with Crippen LogP contribution in [0.15, 0.2) is 24.4 Å². The fourth-order valence-electron chi connectivity index (χ4n) is 4.73. The van der Waals surface area contributed by atoms with Gasteiger partial charge in [-0.15, -0.1) is 0 Å². The summed E-state index contributed by atoms with van der Waals surface area (Å²) in [6.07, 6.45) is 3.33. The number of benzene rings is 1. The molecule has 4 rings (SSSR count). The van der Waals surface area contributed by atoms with Crippen LogP contribution in [0.3, 0.4) is 0 Å². The molecular formula is C26H39ClN8O. The second-order valence-corrected chi connectivity index (χ2v) is 10.4. The molecule has 2 aliphatic heterocycles. The van der Waals surface area contributed by atoms with E-state index in [-0.39, 0.29) is 11.8 Å². The van der Waals surface area contributed by atoms with Crippen LogP contribution in [-0.4, -0.2) is 104 Å². The SMILES string of the molecule is CCc1cc(N2CCN(C)CC2)ccc1Nc1ncc(Cl)c(NCCCN(C)C(=O)C2CN(C)C2)n1. The van der Waals surface area contributed by atoms with E-state index in [0.29, 0.717) is 29.9 Å². The highest BCUT2D eigenvalue weighted by atomic mass is 35.5. The van der Waals surface area contributed by atoms with E-state index in [9.17, 15) is 4.79 Å². The number of likely N-dealkylation sites (tertiary alicyclic amines) is 1. The average Bonchev–Trinajstić information content (AvgIpc) is 2.86. The molecule has 3 heterocycles. The number of rotatable bonds is 10. The Balaban J connectivity index is 1.32. The van der Waals surface area contributed by atoms with E-state index < -0.39 is 0 Å². The fraction of sp³-hybridized carbons (Fsp3) is 0.577. The number of hydrogen-bond acceptors (Lipinski definition) is 8. The van der Waals surface area contributed by atoms with Crippen molar-refractivity contribution in [3.8, 4) is 0 Å². The lowest BCUT2D eigenvalue weighted by Gasteiger charge is -2.37. The molecule has 0 unspecified atom stereocenters. The minimum absolute atomic E-state index is 0.140. The standard InChI is InChI=1S/C26H39ClN8O/c1-5-19-15-21(35-13-11-32(2)12-14-35)7-8-23(19)30-26-29-16-22(27)24(31-26)28-9-6-10-34(4)25(36)20-17-33(3)18-20/h7-8,15-16,20H,5-6,9-14,17-18H2,1-4H3,(H2,28,29,30,31). The van der Waals surface area contributed by atoms with E-state index in [1.807, 2.05) is 19.0 Å². The second-order valence-electron chi connectivity index (χ2n) is 9.96. The van der Waals surface area contributed by atoms with E-state index in [0.717, 1.165) is 57.8 Å². The quantitative estimate of drug-likeness (QED) is 0.468. The number of halogens is 1. The molecule has 0 bridgehead atoms. The van der Waals surface area contributed by atoms with E-state index in [1.165, 1.54) is 11.3 Å². The first-order chi connectivity index (χ1) is 17.3. The predicted octanol–water partition coefficient (Wildman–Crippen LogP) is 3.01. The first-order valence-electron chi connectivity index (χ1n) is 12.9. The van der Waals surface area contributed by atoms with E-state index in [2.05, 4.69) is 67.5 Å². The number of nitrogens with one attached hydrogen (secondary N) is 2. The van der Waals surface area contributed by atoms with Crippen LogP contribution < -0.4 is 15.5 Å². The van der Waals surface area contributed by atoms with Gasteiger partial charge >= 0.3 is 0 Å². The van der Waals surface area contributed by atoms with Gasteiger partial charge in [0.05, 0.1) is 12.1 Å². The second kappa shape index (κ2) is 12.1. The largest absolute Gasteiger partial charge is 0.369 e. The molecule has 0 aliphatic carbocycles. The molecular weight excluding hydrogens is 476 g/mol. The molecule has 2 N–H and O–H groups in total. The number of carbonyl (C=O) groups excluding carboxylic acids is 1. The van der Waals surface area contributed by atoms with Gasteiger partial charge in [-0.2, -0.15) is 4.98 Å². The van der Waals surface area contributed by atoms with Gasteiger partial charge in [0.25, 0.3) is 0 Å². The number of carbonyl (C=O) groups is 1. The number of piperazine rings is 1. The first kappa shape index (κ1) is 26.4. The minimum Gasteiger partial charge on any atom is -0.369 e. The van der Waals surface area contributed by atoms with Crippen LogP contribution in [0.1, 0.15) is 18.9 Å². The lowest BCUT2D eigenvalue weighted by molar-refractivity contribution is -0.139. The number of nitrogens with zero attached hydrogens (tertiary/aromatic N) is 6. The van der Waals surface area contributed by atoms with Crippen molar-refractivity contribution in [2.45, 2.75) is 19.8 Å². The van der Waals surface area contributed by atoms with Crippen molar-refractivity contribution < 1.29 is 4.79 Å². The van der Waals surface area contributed by atoms with Crippen LogP contribution in [0.5, 0.6) is 0 Å². The molecule has 10 heteroatoms. The Morgan fingerprint density at radius 3 is 2.61 bits per heavy atom. The zero-order chi connectivity index (χ0) is 25.7. The molecule has 2 aliphatic rings. The summed E-state index contributed by atoms with van der Waals surface area (Å²) in [5.74, 6) is 1.47. The smallest absolute Gasteiger partial charge is 0.229 e. The topological polar surface area (TPSA) is 79.9 Å². The van der Waals surface area contributed by atoms with Crippen molar-refractivity contribution in [1.82, 2.24) is 24.7 Å². The normalized spacial score (nSPS) is 17.1. The van der Waals surface area contributed by atoms with E-state index in [4.69, 9.17) is 11.6 Å². The number of likely N-dealkylation sites (N-methyl/N-ethyl adjacent to an activating group) is 1. The van der Waals surface area contributed by atoms with Crippen molar-refractivity contribution >= 4 is 40.6 Å². The zero-order valence-corrected chi connectivity index (χ0v) is 22.7. The maximum Gasteiger partial charge on any atom is 0.229 e. The van der Waals surface area contributed by atoms with E-state index in [1.54, 1.807) is 6.20 Å². The predicted molar refractivity (Wildman–Crippen MR) is 148 cm³/mol. The third-order valence-electron chi connectivity index (χ3n) is 7.08. The Labute approximate surface area is 219 Å². The lowest BCUT2D eigenvalue weighted by Crippen LogP contribution is -2.52. The summed E-state index contributed by atoms with van der Waals surface area (Å²) in [5.41, 5.74) is 3.49. The fourth-order valence-corrected chi connectivity index (χ4v) is 4.89. The monoisotopic (exact) mass is 514 g/mol. The summed E-state index contributed by atoms with van der Waals surface area (Å²) in [6, 6.07) is 6.55. The van der Waals surface area contributed by atoms with Gasteiger partial charge in [0.15, 0.2) is 0 Å². The van der Waals surface area contributed by atoms with Gasteiger partial charge in [-0.25, -0.2) is 4.98 Å². The molecule has 9 nitrogen and oxygen atoms in total. The Bertz CT molecular complexity index is 1040. The van der Waals surface area contributed by atoms with Crippen molar-refractivity contribution in [3.63, 3.8) is 0 Å². The highest BCUT2D eigenvalue weighted by Gasteiger charge is 2.31. The first-order valence-corrected chi connectivity index (χ1v) is 13.2. The molecule has 1 aromatic carbocycles. The van der Waals surface area contributed by atoms with Gasteiger partial charge in [-0.3, -0.25) is 4.79 Å². The molecule has 1 amide bonds. The molecule has 36 heavy (non-hydrogen) atoms. The maximum absolute atomic E-state index is 12.4. The molecule has 2 aromatic rings. The third-order valence-corrected chi connectivity index (χ3v) is 7.36. The summed E-state index contributed by atoms with van der Waals surface area (Å²) >= 11 is 6.35. The summed E-state index contributed by atoms with van der Waals surface area (Å²) in [5, 5.41) is 7.15. The van der Waals surface area contributed by atoms with Crippen LogP contribution >= 0.6 is 11.6 Å². The van der Waals surface area contributed by atoms with Crippen LogP contribution in [0, 0.1) is 5.92 Å². The van der Waals surface area contributed by atoms with Crippen molar-refractivity contribution in [2.24, 2.45) is 5.92 Å². The van der Waals surface area contributed by atoms with Gasteiger partial charge in [-0.05, 0) is 50.7 Å². The van der Waals surface area contributed by atoms with Gasteiger partial charge in [0.1, 0.15) is 10.8 Å². The highest BCUT2D eigenvalue weighted by Crippen LogP contribution is 2.28. The third kappa shape index (κ3) is 6.57. The summed E-state index contributed by atoms with van der Waals surface area (Å²) in [7, 11) is 6.08. The zero-order valence-electron chi connectivity index (χ0n) is 21.9. The molecule has 196 valence electrons. The van der Waals surface area contributed by atoms with Gasteiger partial charge in [0, 0.05) is 70.8 Å². The number of aromatic nitrogens is 2. The molecule has 1 aromatic heterocycles. The Morgan fingerprint density at radius 2 is 1.92 bits per heavy atom. The van der Waals surface area contributed by atoms with Crippen LogP contribution in [-0.2, 0) is 11.2 Å². The van der Waals surface area contributed by atoms with Gasteiger partial charge < -0.3 is 30.2 Å². The van der Waals surface area contributed by atoms with E-state index >= 15 is 0 Å². The van der Waals surface area contributed by atoms with Crippen molar-refractivity contribution in [1.29, 1.82) is 0 Å². The average molecular weight is 515 g/mol. The van der Waals surface area contributed by atoms with Gasteiger partial charge in [-0.1, -0.05) is 18.5 Å². The van der Waals surface area contributed by atoms with Crippen molar-refractivity contribution in [2.75, 3.05) is 89.0 Å². The molecule has 0 atom stereocenters. The molecule has 2 saturated heterocycles. The minimum atomic E-state index is 0.140. The summed E-state index contributed by atoms with van der Waals surface area (Å²) in [4.78, 5) is 30.2. The Hall–Kier alpha value is -2.62. The van der Waals surface area contributed by atoms with Crippen molar-refractivity contribution in [3.05, 3.63) is 35.0 Å². The number of aryl methyl sites for hydroxylation is 1. The number of anilines is 4. The molecule has 2 fully saturated rings. The molecule has 0 spiro atoms. The molecule has 0 radical (unpaired) electrons. The summed E-state index contributed by atoms with van der Waals surface area (Å²) in [6.45, 7) is 9.49. The molecule has 0 saturated carbocycles. The Kier molecular flexibility index (Phi) is 8.87. The number of hydrogen-bond donors (Lipinski definition) is 2. The Morgan fingerprint density at radius 1 is 1.17 bits per heavy atom. The maximum atomic E-state index is 12.4. The van der Waals surface area contributed by atoms with Crippen LogP contribution in [0.2, 0.25) is 5.02 Å². The van der Waals surface area contributed by atoms with Gasteiger partial charge in [0.2, 0.25) is 11.9 Å². The van der Waals surface area contributed by atoms with Crippen LogP contribution in [0.25, 0.3) is 0 Å². The van der Waals surface area contributed by atoms with Crippen LogP contribution in [0.4, 0.5) is 23.1 Å². The summed E-state index contributed by atoms with van der Waals surface area (Å²) < 4.78 is 0. The highest BCUT2D eigenvalue weighted by molar-refractivity contribution is 6.32. The number of amides is 1.